The van der Waals surface area contributed by atoms with E-state index in [2.05, 4.69) is 26.1 Å². The number of aromatic nitrogens is 2. The van der Waals surface area contributed by atoms with Crippen molar-refractivity contribution in [3.8, 4) is 11.5 Å². The Balaban J connectivity index is 2.44. The fourth-order valence-corrected chi connectivity index (χ4v) is 2.06. The summed E-state index contributed by atoms with van der Waals surface area (Å²) in [4.78, 5) is 5.41. The molecule has 0 aliphatic carbocycles. The van der Waals surface area contributed by atoms with Crippen molar-refractivity contribution >= 4 is 27.7 Å². The van der Waals surface area contributed by atoms with Crippen LogP contribution >= 0.6 is 27.7 Å². The lowest BCUT2D eigenvalue weighted by atomic mass is 10.2. The predicted molar refractivity (Wildman–Crippen MR) is 64.1 cm³/mol. The van der Waals surface area contributed by atoms with Crippen LogP contribution in [0.3, 0.4) is 0 Å². The maximum absolute atomic E-state index is 5.18. The normalized spacial score (nSPS) is 10.5. The van der Waals surface area contributed by atoms with Gasteiger partial charge >= 0.3 is 0 Å². The Kier molecular flexibility index (Phi) is 3.43. The largest absolute Gasteiger partial charge is 0.334 e. The molecule has 0 N–H and O–H groups in total. The third kappa shape index (κ3) is 2.23. The first-order valence-electron chi connectivity index (χ1n) is 4.37. The number of rotatable bonds is 3. The van der Waals surface area contributed by atoms with E-state index in [1.54, 1.807) is 11.8 Å². The molecule has 3 nitrogen and oxygen atoms in total. The molecule has 0 aliphatic rings. The van der Waals surface area contributed by atoms with Crippen molar-refractivity contribution in [1.29, 1.82) is 0 Å². The molecule has 0 aliphatic heterocycles. The molecular weight excluding hydrogens is 276 g/mol. The zero-order valence-electron chi connectivity index (χ0n) is 8.11. The van der Waals surface area contributed by atoms with E-state index in [9.17, 15) is 0 Å². The summed E-state index contributed by atoms with van der Waals surface area (Å²) in [6.07, 6.45) is 2.03. The minimum Gasteiger partial charge on any atom is -0.334 e. The van der Waals surface area contributed by atoms with E-state index in [-0.39, 0.29) is 0 Å². The summed E-state index contributed by atoms with van der Waals surface area (Å²) < 4.78 is 5.18. The van der Waals surface area contributed by atoms with Crippen molar-refractivity contribution in [2.45, 2.75) is 10.2 Å². The molecular formula is C10H9BrN2OS. The third-order valence-corrected chi connectivity index (χ3v) is 3.22. The van der Waals surface area contributed by atoms with Crippen LogP contribution in [0.4, 0.5) is 0 Å². The molecule has 0 saturated carbocycles. The number of thioether (sulfide) groups is 1. The Morgan fingerprint density at radius 3 is 2.87 bits per heavy atom. The van der Waals surface area contributed by atoms with Crippen molar-refractivity contribution in [3.63, 3.8) is 0 Å². The average Bonchev–Trinajstić information content (AvgIpc) is 2.77. The van der Waals surface area contributed by atoms with Crippen LogP contribution in [0.25, 0.3) is 11.5 Å². The van der Waals surface area contributed by atoms with Gasteiger partial charge in [0.05, 0.1) is 10.9 Å². The first kappa shape index (κ1) is 10.7. The molecule has 0 spiro atoms. The summed E-state index contributed by atoms with van der Waals surface area (Å²) in [5, 5.41) is 4.45. The van der Waals surface area contributed by atoms with Gasteiger partial charge < -0.3 is 4.52 Å². The van der Waals surface area contributed by atoms with Crippen molar-refractivity contribution in [2.24, 2.45) is 0 Å². The van der Waals surface area contributed by atoms with Gasteiger partial charge in [0.2, 0.25) is 0 Å². The molecule has 1 heterocycles. The highest BCUT2D eigenvalue weighted by Crippen LogP contribution is 2.28. The highest BCUT2D eigenvalue weighted by molar-refractivity contribution is 9.08. The topological polar surface area (TPSA) is 38.9 Å². The number of hydrogen-bond donors (Lipinski definition) is 0. The first-order valence-corrected chi connectivity index (χ1v) is 6.71. The van der Waals surface area contributed by atoms with Gasteiger partial charge in [-0.05, 0) is 18.4 Å². The van der Waals surface area contributed by atoms with E-state index in [1.807, 2.05) is 30.5 Å². The molecule has 2 aromatic rings. The van der Waals surface area contributed by atoms with Crippen LogP contribution in [0.5, 0.6) is 0 Å². The van der Waals surface area contributed by atoms with Crippen LogP contribution in [0.2, 0.25) is 0 Å². The van der Waals surface area contributed by atoms with Gasteiger partial charge in [-0.1, -0.05) is 33.2 Å². The molecule has 2 rings (SSSR count). The highest BCUT2D eigenvalue weighted by Gasteiger charge is 2.11. The van der Waals surface area contributed by atoms with Crippen LogP contribution < -0.4 is 0 Å². The van der Waals surface area contributed by atoms with Crippen LogP contribution in [0.1, 0.15) is 5.82 Å². The van der Waals surface area contributed by atoms with Crippen molar-refractivity contribution < 1.29 is 4.52 Å². The van der Waals surface area contributed by atoms with E-state index in [4.69, 9.17) is 4.52 Å². The summed E-state index contributed by atoms with van der Waals surface area (Å²) in [6, 6.07) is 7.99. The van der Waals surface area contributed by atoms with Gasteiger partial charge in [-0.15, -0.1) is 11.8 Å². The van der Waals surface area contributed by atoms with Crippen LogP contribution in [-0.4, -0.2) is 16.4 Å². The van der Waals surface area contributed by atoms with Gasteiger partial charge in [-0.25, -0.2) is 0 Å². The average molecular weight is 285 g/mol. The molecule has 15 heavy (non-hydrogen) atoms. The highest BCUT2D eigenvalue weighted by atomic mass is 79.9. The van der Waals surface area contributed by atoms with Crippen LogP contribution in [0, 0.1) is 0 Å². The van der Waals surface area contributed by atoms with Gasteiger partial charge in [0.1, 0.15) is 0 Å². The lowest BCUT2D eigenvalue weighted by Crippen LogP contribution is -1.83. The van der Waals surface area contributed by atoms with Crippen LogP contribution in [0.15, 0.2) is 33.7 Å². The van der Waals surface area contributed by atoms with Crippen molar-refractivity contribution in [3.05, 3.63) is 30.1 Å². The molecule has 0 saturated heterocycles. The molecule has 1 aromatic carbocycles. The Morgan fingerprint density at radius 2 is 2.20 bits per heavy atom. The maximum atomic E-state index is 5.18. The van der Waals surface area contributed by atoms with E-state index >= 15 is 0 Å². The van der Waals surface area contributed by atoms with E-state index < -0.39 is 0 Å². The van der Waals surface area contributed by atoms with Gasteiger partial charge in [-0.2, -0.15) is 4.98 Å². The maximum Gasteiger partial charge on any atom is 0.259 e. The number of benzene rings is 1. The molecule has 0 bridgehead atoms. The van der Waals surface area contributed by atoms with Crippen LogP contribution in [-0.2, 0) is 5.33 Å². The number of nitrogens with zero attached hydrogens (tertiary/aromatic N) is 2. The van der Waals surface area contributed by atoms with Gasteiger partial charge in [-0.3, -0.25) is 0 Å². The van der Waals surface area contributed by atoms with Gasteiger partial charge in [0.15, 0.2) is 5.82 Å². The second-order valence-electron chi connectivity index (χ2n) is 2.85. The Hall–Kier alpha value is -0.810. The number of alkyl halides is 1. The summed E-state index contributed by atoms with van der Waals surface area (Å²) in [5.41, 5.74) is 0.990. The minimum atomic E-state index is 0.578. The summed E-state index contributed by atoms with van der Waals surface area (Å²) >= 11 is 4.96. The van der Waals surface area contributed by atoms with Gasteiger partial charge in [0.25, 0.3) is 5.89 Å². The lowest BCUT2D eigenvalue weighted by molar-refractivity contribution is 0.424. The van der Waals surface area contributed by atoms with E-state index in [0.29, 0.717) is 17.0 Å². The molecule has 0 fully saturated rings. The Bertz CT molecular complexity index is 458. The van der Waals surface area contributed by atoms with Crippen molar-refractivity contribution in [2.75, 3.05) is 6.26 Å². The van der Waals surface area contributed by atoms with Gasteiger partial charge in [0, 0.05) is 4.90 Å². The SMILES string of the molecule is CSc1ccccc1-c1nc(CBr)no1. The second-order valence-corrected chi connectivity index (χ2v) is 4.26. The predicted octanol–water partition coefficient (Wildman–Crippen LogP) is 3.35. The monoisotopic (exact) mass is 284 g/mol. The summed E-state index contributed by atoms with van der Waals surface area (Å²) in [5.74, 6) is 1.25. The Morgan fingerprint density at radius 1 is 1.40 bits per heavy atom. The number of halogens is 1. The molecule has 5 heteroatoms. The molecule has 0 amide bonds. The quantitative estimate of drug-likeness (QED) is 0.640. The number of hydrogen-bond acceptors (Lipinski definition) is 4. The fraction of sp³-hybridized carbons (Fsp3) is 0.200. The molecule has 78 valence electrons. The first-order chi connectivity index (χ1) is 7.35. The Labute approximate surface area is 100 Å². The summed E-state index contributed by atoms with van der Waals surface area (Å²) in [6.45, 7) is 0. The fourth-order valence-electron chi connectivity index (χ4n) is 1.24. The zero-order chi connectivity index (χ0) is 10.7. The molecule has 0 radical (unpaired) electrons. The smallest absolute Gasteiger partial charge is 0.259 e. The van der Waals surface area contributed by atoms with E-state index in [1.165, 1.54) is 0 Å². The van der Waals surface area contributed by atoms with Crippen molar-refractivity contribution in [1.82, 2.24) is 10.1 Å². The third-order valence-electron chi connectivity index (χ3n) is 1.92. The molecule has 0 unspecified atom stereocenters. The minimum absolute atomic E-state index is 0.578. The second kappa shape index (κ2) is 4.81. The summed E-state index contributed by atoms with van der Waals surface area (Å²) in [7, 11) is 0. The lowest BCUT2D eigenvalue weighted by Gasteiger charge is -2.00. The molecule has 0 atom stereocenters. The molecule has 1 aromatic heterocycles. The zero-order valence-corrected chi connectivity index (χ0v) is 10.5. The van der Waals surface area contributed by atoms with E-state index in [0.717, 1.165) is 10.5 Å². The standard InChI is InChI=1S/C10H9BrN2OS/c1-15-8-5-3-2-4-7(8)10-12-9(6-11)13-14-10/h2-5H,6H2,1H3.